The zero-order valence-corrected chi connectivity index (χ0v) is 75.3. The molecule has 3 aromatic heterocycles. The summed E-state index contributed by atoms with van der Waals surface area (Å²) in [7, 11) is 0. The zero-order chi connectivity index (χ0) is 103. The van der Waals surface area contributed by atoms with Crippen LogP contribution in [0, 0.1) is 0 Å². The number of hydrogen-bond acceptors (Lipinski definition) is 50. The highest BCUT2D eigenvalue weighted by molar-refractivity contribution is 5.98. The molecule has 34 N–H and O–H groups in total. The first-order valence-corrected chi connectivity index (χ1v) is 45.7. The van der Waals surface area contributed by atoms with Crippen LogP contribution in [0.25, 0.3) is 78.7 Å². The Morgan fingerprint density at radius 1 is 0.208 bits per heavy atom. The van der Waals surface area contributed by atoms with Crippen LogP contribution in [0.5, 0.6) is 46.0 Å². The molecule has 788 valence electrons. The molecule has 4 aromatic carbocycles. The summed E-state index contributed by atoms with van der Waals surface area (Å²) in [5.41, 5.74) is -0.884. The molecule has 10 aliphatic heterocycles. The maximum atomic E-state index is 11.6. The number of nitrogens with one attached hydrogen (secondary N) is 2. The minimum Gasteiger partial charge on any atom is -0.462 e. The number of aryl methyl sites for hydroxylation is 2. The van der Waals surface area contributed by atoms with Gasteiger partial charge in [-0.2, -0.15) is 0 Å². The van der Waals surface area contributed by atoms with Gasteiger partial charge < -0.3 is 249 Å². The topological polar surface area (TPSA) is 852 Å². The first-order chi connectivity index (χ1) is 68.8. The van der Waals surface area contributed by atoms with Crippen LogP contribution in [0.3, 0.4) is 0 Å². The second-order valence-corrected chi connectivity index (χ2v) is 36.1. The van der Waals surface area contributed by atoms with Crippen LogP contribution in [0.15, 0.2) is 97.1 Å². The Balaban J connectivity index is 0.986. The molecule has 0 radical (unpaired) electrons. The van der Waals surface area contributed by atoms with Crippen LogP contribution in [0.2, 0.25) is 0 Å². The predicted octanol–water partition coefficient (Wildman–Crippen LogP) is -11.6. The standard InChI is InChI=1S/C92H112N4O48/c97-21-49-61(105)69(113)77(121)85(137-49)129-33-9-29(10-34(17-33)130-86-78(122)70(114)62(106)50(22-98)138-86)57-41-1-2-42(93-41)58(30-11-35(131-87-79(123)71(115)63(107)51(23-99)139-87)18-36(12-30)132-88-80(124)72(116)64(108)52(24-100)140-88)44-5-6-46(95-44)60(32-15-39(135-91-83(127)75(119)67(111)55(27-103)143-91)20-40(16-32)136-92-84(128)76(120)68(112)56(28-104)144-92)48-8-7-47(96-48)59(45-4-3-43(57)94-45)31-13-37(133-89-81(125)73(117)65(109)53(25-101)141-89)19-38(14-31)134-90-82(126)74(118)66(110)54(26-102)142-90/h1-6,9-20,49-56,61-92,94-95,97-128H,7-8,21-28H2/t49-,50-,51-,52-,53-,54-,55-,56-,61-,62-,63-,64-,65-,66-,67-,68-,69+,70+,71+,72+,73+,74+,75+,76+,77-,78-,79-,80-,81-,82-,83-,84-,85-,86-,87-,88-,89-,90-,91-,92-/m1/s1. The van der Waals surface area contributed by atoms with Gasteiger partial charge in [0.25, 0.3) is 0 Å². The molecule has 10 aliphatic rings. The van der Waals surface area contributed by atoms with Gasteiger partial charge in [0.05, 0.1) is 75.6 Å². The summed E-state index contributed by atoms with van der Waals surface area (Å²) in [6.45, 7) is -7.66. The van der Waals surface area contributed by atoms with Gasteiger partial charge in [0.1, 0.15) is 241 Å². The lowest BCUT2D eigenvalue weighted by Gasteiger charge is -2.40. The third kappa shape index (κ3) is 21.0. The van der Waals surface area contributed by atoms with E-state index in [9.17, 15) is 163 Å². The Hall–Kier alpha value is -9.46. The first kappa shape index (κ1) is 106. The zero-order valence-electron chi connectivity index (χ0n) is 75.3. The molecule has 0 unspecified atom stereocenters. The fourth-order valence-electron chi connectivity index (χ4n) is 18.5. The summed E-state index contributed by atoms with van der Waals surface area (Å²) < 4.78 is 97.6. The van der Waals surface area contributed by atoms with Crippen LogP contribution >= 0.6 is 0 Å². The minimum atomic E-state index is -2.13. The molecule has 8 saturated heterocycles. The summed E-state index contributed by atoms with van der Waals surface area (Å²) >= 11 is 0. The minimum absolute atomic E-state index is 0.0101. The van der Waals surface area contributed by atoms with E-state index in [0.717, 1.165) is 24.3 Å². The Labute approximate surface area is 811 Å². The quantitative estimate of drug-likeness (QED) is 0.0216. The fraction of sp³-hybridized carbons (Fsp3) is 0.543. The number of aliphatic hydroxyl groups is 32. The van der Waals surface area contributed by atoms with Crippen LogP contribution in [0.1, 0.15) is 22.8 Å². The monoisotopic (exact) mass is 2040 g/mol. The lowest BCUT2D eigenvalue weighted by Crippen LogP contribution is -2.60. The number of H-pyrrole nitrogens is 2. The van der Waals surface area contributed by atoms with E-state index < -0.39 is 344 Å². The molecule has 52 nitrogen and oxygen atoms in total. The number of nitrogens with zero attached hydrogens (tertiary/aromatic N) is 2. The van der Waals surface area contributed by atoms with Crippen molar-refractivity contribution >= 4 is 34.2 Å². The third-order valence-corrected chi connectivity index (χ3v) is 26.5. The third-order valence-electron chi connectivity index (χ3n) is 26.5. The number of rotatable bonds is 28. The van der Waals surface area contributed by atoms with Crippen molar-refractivity contribution in [1.29, 1.82) is 0 Å². The van der Waals surface area contributed by atoms with Gasteiger partial charge in [0.15, 0.2) is 0 Å². The maximum Gasteiger partial charge on any atom is 0.229 e. The number of benzene rings is 4. The number of aliphatic hydroxyl groups excluding tert-OH is 32. The van der Waals surface area contributed by atoms with Crippen LogP contribution in [-0.2, 0) is 50.7 Å². The highest BCUT2D eigenvalue weighted by Gasteiger charge is 2.54. The van der Waals surface area contributed by atoms with Gasteiger partial charge >= 0.3 is 0 Å². The number of aromatic nitrogens is 4. The Morgan fingerprint density at radius 3 is 0.535 bits per heavy atom. The molecule has 13 heterocycles. The van der Waals surface area contributed by atoms with Gasteiger partial charge in [-0.05, 0) is 120 Å². The highest BCUT2D eigenvalue weighted by atomic mass is 16.8. The Morgan fingerprint density at radius 2 is 0.368 bits per heavy atom. The molecule has 0 aliphatic carbocycles. The summed E-state index contributed by atoms with van der Waals surface area (Å²) in [4.78, 5) is 17.7. The average Bonchev–Trinajstić information content (AvgIpc) is 1.62. The second kappa shape index (κ2) is 44.1. The van der Waals surface area contributed by atoms with E-state index in [2.05, 4.69) is 9.97 Å². The van der Waals surface area contributed by atoms with Crippen molar-refractivity contribution in [3.8, 4) is 90.5 Å². The van der Waals surface area contributed by atoms with E-state index in [0.29, 0.717) is 0 Å². The first-order valence-electron chi connectivity index (χ1n) is 45.7. The van der Waals surface area contributed by atoms with Crippen molar-refractivity contribution in [2.45, 2.75) is 258 Å². The van der Waals surface area contributed by atoms with Crippen LogP contribution in [-0.4, -0.2) is 482 Å². The van der Waals surface area contributed by atoms with Gasteiger partial charge in [0.2, 0.25) is 50.3 Å². The molecular formula is C92H112N4O48. The molecular weight excluding hydrogens is 1930 g/mol. The van der Waals surface area contributed by atoms with Crippen molar-refractivity contribution in [1.82, 2.24) is 19.9 Å². The van der Waals surface area contributed by atoms with Crippen molar-refractivity contribution < 1.29 is 239 Å². The van der Waals surface area contributed by atoms with Crippen molar-refractivity contribution in [2.24, 2.45) is 0 Å². The summed E-state index contributed by atoms with van der Waals surface area (Å²) in [5.74, 6) is -3.21. The molecule has 144 heavy (non-hydrogen) atoms. The molecule has 0 amide bonds. The SMILES string of the molecule is OC[C@H]1O[C@@H](Oc2cc(O[C@@H]3O[C@H](CO)[C@@H](O)[C@H](O)[C@H]3O)cc(-c3c4nc(c(-c5cc(O[C@@H]6O[C@H](CO)[C@@H](O)[C@H](O)[C@H]6O)cc(O[C@@H]6O[C@H](CO)[C@@H](O)[C@H](O)[C@H]6O)c5)c5ccc([nH]5)c(-c5cc(O[C@@H]6O[C@H](CO)[C@@H](O)[C@H](O)[C@H]6O)cc(O[C@@H]6O[C@H](CO)[C@@H](O)[C@H](O)[C@H]6O)c5)c5nc(c(-c6cc(O[C@@H]7O[C@H](CO)[C@@H](O)[C@H](O)[C@H]7O)cc(O[C@@H]7O[C@H](CO)[C@@H](O)[C@H](O)[C@H]7O)c6)c6ccc3[nH]6)CC5)C=C4)c2)[C@H](O)[C@@H](O)[C@@H]1O. The number of ether oxygens (including phenoxy) is 16. The van der Waals surface area contributed by atoms with E-state index in [4.69, 9.17) is 85.8 Å². The smallest absolute Gasteiger partial charge is 0.229 e. The van der Waals surface area contributed by atoms with Crippen molar-refractivity contribution in [3.63, 3.8) is 0 Å². The number of aromatic amines is 2. The molecule has 8 fully saturated rings. The highest BCUT2D eigenvalue weighted by Crippen LogP contribution is 2.48. The maximum absolute atomic E-state index is 11.6. The largest absolute Gasteiger partial charge is 0.462 e. The van der Waals surface area contributed by atoms with Crippen LogP contribution < -0.4 is 37.9 Å². The van der Waals surface area contributed by atoms with E-state index in [-0.39, 0.29) is 102 Å². The van der Waals surface area contributed by atoms with Gasteiger partial charge in [-0.15, -0.1) is 0 Å². The molecule has 52 heteroatoms. The molecule has 0 saturated carbocycles. The van der Waals surface area contributed by atoms with Gasteiger partial charge in [0, 0.05) is 68.6 Å². The van der Waals surface area contributed by atoms with E-state index in [1.807, 2.05) is 0 Å². The summed E-state index contributed by atoms with van der Waals surface area (Å²) in [6, 6.07) is 20.8. The number of fused-ring (bicyclic) bond motifs is 8. The van der Waals surface area contributed by atoms with Crippen molar-refractivity contribution in [2.75, 3.05) is 52.9 Å². The fourth-order valence-corrected chi connectivity index (χ4v) is 18.5. The van der Waals surface area contributed by atoms with Gasteiger partial charge in [-0.3, -0.25) is 4.98 Å². The lowest BCUT2D eigenvalue weighted by molar-refractivity contribution is -0.278. The van der Waals surface area contributed by atoms with E-state index in [1.165, 1.54) is 84.9 Å². The Kier molecular flexibility index (Phi) is 32.5. The molecule has 7 aromatic rings. The van der Waals surface area contributed by atoms with E-state index in [1.54, 1.807) is 0 Å². The van der Waals surface area contributed by atoms with E-state index >= 15 is 0 Å². The van der Waals surface area contributed by atoms with Gasteiger partial charge in [-0.1, -0.05) is 0 Å². The Bertz CT molecular complexity index is 5250. The summed E-state index contributed by atoms with van der Waals surface area (Å²) in [6.07, 6.45) is -75.4. The number of hydrogen-bond donors (Lipinski definition) is 34. The molecule has 17 rings (SSSR count). The second-order valence-electron chi connectivity index (χ2n) is 36.1. The summed E-state index contributed by atoms with van der Waals surface area (Å²) in [5, 5.41) is 354. The molecule has 40 atom stereocenters. The van der Waals surface area contributed by atoms with Crippen LogP contribution in [0.4, 0.5) is 0 Å². The normalized spacial score (nSPS) is 37.8. The molecule has 0 spiro atoms. The van der Waals surface area contributed by atoms with Crippen molar-refractivity contribution in [3.05, 3.63) is 120 Å². The molecule has 8 bridgehead atoms. The average molecular weight is 2040 g/mol. The lowest BCUT2D eigenvalue weighted by atomic mass is 9.98. The predicted molar refractivity (Wildman–Crippen MR) is 474 cm³/mol. The van der Waals surface area contributed by atoms with Gasteiger partial charge in [-0.25, -0.2) is 4.98 Å².